The van der Waals surface area contributed by atoms with Crippen LogP contribution in [0.5, 0.6) is 0 Å². The lowest BCUT2D eigenvalue weighted by atomic mass is 9.74. The van der Waals surface area contributed by atoms with E-state index in [4.69, 9.17) is 4.74 Å². The Bertz CT molecular complexity index is 575. The van der Waals surface area contributed by atoms with Gasteiger partial charge in [-0.05, 0) is 20.8 Å². The van der Waals surface area contributed by atoms with Crippen molar-refractivity contribution in [2.75, 3.05) is 7.11 Å². The van der Waals surface area contributed by atoms with Crippen LogP contribution in [0.25, 0.3) is 0 Å². The second-order valence-electron chi connectivity index (χ2n) is 6.40. The van der Waals surface area contributed by atoms with Gasteiger partial charge in [-0.15, -0.1) is 0 Å². The van der Waals surface area contributed by atoms with Gasteiger partial charge in [0.15, 0.2) is 0 Å². The number of alkyl carbamates (subject to hydrolysis) is 1. The number of carbonyl (C=O) groups excluding carboxylic acids is 4. The van der Waals surface area contributed by atoms with Gasteiger partial charge in [0.1, 0.15) is 5.60 Å². The highest BCUT2D eigenvalue weighted by Gasteiger charge is 2.55. The summed E-state index contributed by atoms with van der Waals surface area (Å²) in [6, 6.07) is -0.797. The van der Waals surface area contributed by atoms with Crippen LogP contribution >= 0.6 is 0 Å². The normalized spacial score (nSPS) is 29.6. The zero-order valence-electron chi connectivity index (χ0n) is 13.3. The van der Waals surface area contributed by atoms with E-state index in [0.29, 0.717) is 0 Å². The highest BCUT2D eigenvalue weighted by molar-refractivity contribution is 6.00. The minimum atomic E-state index is -1.01. The highest BCUT2D eigenvalue weighted by Crippen LogP contribution is 2.38. The van der Waals surface area contributed by atoms with Crippen LogP contribution in [-0.2, 0) is 28.6 Å². The first-order valence-corrected chi connectivity index (χ1v) is 7.15. The molecule has 1 fully saturated rings. The lowest BCUT2D eigenvalue weighted by Crippen LogP contribution is -2.49. The zero-order valence-corrected chi connectivity index (χ0v) is 13.3. The molecule has 0 aromatic heterocycles. The summed E-state index contributed by atoms with van der Waals surface area (Å²) < 4.78 is 14.4. The molecule has 1 aliphatic carbocycles. The van der Waals surface area contributed by atoms with E-state index >= 15 is 0 Å². The van der Waals surface area contributed by atoms with Crippen LogP contribution in [0.15, 0.2) is 12.2 Å². The summed E-state index contributed by atoms with van der Waals surface area (Å²) in [5.74, 6) is -5.13. The summed E-state index contributed by atoms with van der Waals surface area (Å²) in [6.45, 7) is 5.10. The maximum Gasteiger partial charge on any atom is 0.408 e. The van der Waals surface area contributed by atoms with Gasteiger partial charge in [-0.1, -0.05) is 12.2 Å². The Morgan fingerprint density at radius 3 is 2.30 bits per heavy atom. The molecule has 126 valence electrons. The van der Waals surface area contributed by atoms with Gasteiger partial charge in [-0.2, -0.15) is 0 Å². The van der Waals surface area contributed by atoms with Gasteiger partial charge in [0.05, 0.1) is 30.9 Å². The number of esters is 3. The molecule has 2 aliphatic rings. The summed E-state index contributed by atoms with van der Waals surface area (Å²) in [6.07, 6.45) is 2.19. The van der Waals surface area contributed by atoms with E-state index in [1.54, 1.807) is 20.8 Å². The van der Waals surface area contributed by atoms with Crippen LogP contribution in [0.3, 0.4) is 0 Å². The van der Waals surface area contributed by atoms with Crippen molar-refractivity contribution in [3.05, 3.63) is 12.2 Å². The third-order valence-electron chi connectivity index (χ3n) is 3.59. The van der Waals surface area contributed by atoms with E-state index in [1.807, 2.05) is 0 Å². The first-order chi connectivity index (χ1) is 10.6. The monoisotopic (exact) mass is 325 g/mol. The highest BCUT2D eigenvalue weighted by atomic mass is 16.6. The molecule has 1 saturated heterocycles. The van der Waals surface area contributed by atoms with Crippen molar-refractivity contribution in [2.45, 2.75) is 32.4 Å². The number of methoxy groups -OCH3 is 1. The standard InChI is InChI=1S/C15H19NO7/c1-15(2,3)23-14(20)16-8-6-5-7(11(17)21-4)9-10(8)13(19)22-12(9)18/h5-10H,1-4H3,(H,16,20)/t7-,8+,9-,10+/m1/s1. The molecule has 0 radical (unpaired) electrons. The number of hydrogen-bond donors (Lipinski definition) is 1. The Hall–Kier alpha value is -2.38. The second-order valence-corrected chi connectivity index (χ2v) is 6.40. The topological polar surface area (TPSA) is 108 Å². The number of cyclic esters (lactones) is 2. The van der Waals surface area contributed by atoms with Gasteiger partial charge in [-0.25, -0.2) is 4.79 Å². The van der Waals surface area contributed by atoms with Crippen LogP contribution in [0.1, 0.15) is 20.8 Å². The smallest absolute Gasteiger partial charge is 0.408 e. The largest absolute Gasteiger partial charge is 0.469 e. The van der Waals surface area contributed by atoms with Gasteiger partial charge >= 0.3 is 24.0 Å². The molecule has 1 amide bonds. The molecule has 0 saturated carbocycles. The Balaban J connectivity index is 2.22. The summed E-state index contributed by atoms with van der Waals surface area (Å²) in [5.41, 5.74) is -0.706. The van der Waals surface area contributed by atoms with Crippen LogP contribution < -0.4 is 5.32 Å². The average Bonchev–Trinajstić information content (AvgIpc) is 2.72. The number of ether oxygens (including phenoxy) is 3. The number of carbonyl (C=O) groups is 4. The Kier molecular flexibility index (Phi) is 4.44. The molecule has 0 spiro atoms. The Morgan fingerprint density at radius 1 is 1.13 bits per heavy atom. The number of nitrogens with one attached hydrogen (secondary N) is 1. The van der Waals surface area contributed by atoms with Crippen LogP contribution in [0, 0.1) is 17.8 Å². The zero-order chi connectivity index (χ0) is 17.4. The molecule has 8 nitrogen and oxygen atoms in total. The summed E-state index contributed by atoms with van der Waals surface area (Å²) in [4.78, 5) is 47.5. The van der Waals surface area contributed by atoms with Crippen LogP contribution in [-0.4, -0.2) is 42.8 Å². The minimum absolute atomic E-state index is 0.640. The third-order valence-corrected chi connectivity index (χ3v) is 3.59. The molecule has 23 heavy (non-hydrogen) atoms. The molecule has 1 N–H and O–H groups in total. The van der Waals surface area contributed by atoms with Crippen molar-refractivity contribution in [1.82, 2.24) is 5.32 Å². The predicted molar refractivity (Wildman–Crippen MR) is 75.9 cm³/mol. The van der Waals surface area contributed by atoms with E-state index < -0.39 is 53.4 Å². The molecule has 4 atom stereocenters. The predicted octanol–water partition coefficient (Wildman–Crippen LogP) is 0.554. The van der Waals surface area contributed by atoms with Crippen molar-refractivity contribution < 1.29 is 33.4 Å². The number of rotatable bonds is 2. The first kappa shape index (κ1) is 17.0. The van der Waals surface area contributed by atoms with E-state index in [9.17, 15) is 19.2 Å². The molecule has 1 aliphatic heterocycles. The van der Waals surface area contributed by atoms with Crippen molar-refractivity contribution in [3.63, 3.8) is 0 Å². The first-order valence-electron chi connectivity index (χ1n) is 7.15. The maximum absolute atomic E-state index is 11.9. The molecule has 0 aromatic rings. The van der Waals surface area contributed by atoms with Crippen molar-refractivity contribution in [1.29, 1.82) is 0 Å². The van der Waals surface area contributed by atoms with Gasteiger partial charge in [-0.3, -0.25) is 14.4 Å². The molecule has 0 bridgehead atoms. The lowest BCUT2D eigenvalue weighted by Gasteiger charge is -2.30. The molecule has 1 heterocycles. The van der Waals surface area contributed by atoms with Crippen molar-refractivity contribution in [3.8, 4) is 0 Å². The van der Waals surface area contributed by atoms with Gasteiger partial charge in [0.25, 0.3) is 0 Å². The van der Waals surface area contributed by atoms with Crippen molar-refractivity contribution in [2.24, 2.45) is 17.8 Å². The van der Waals surface area contributed by atoms with Gasteiger partial charge in [0.2, 0.25) is 0 Å². The molecule has 0 unspecified atom stereocenters. The second kappa shape index (κ2) is 6.02. The van der Waals surface area contributed by atoms with E-state index in [-0.39, 0.29) is 0 Å². The summed E-state index contributed by atoms with van der Waals surface area (Å²) in [5, 5.41) is 2.52. The Morgan fingerprint density at radius 2 is 1.74 bits per heavy atom. The summed E-state index contributed by atoms with van der Waals surface area (Å²) >= 11 is 0. The number of amides is 1. The van der Waals surface area contributed by atoms with Gasteiger partial charge in [0, 0.05) is 0 Å². The molecule has 2 rings (SSSR count). The van der Waals surface area contributed by atoms with Gasteiger partial charge < -0.3 is 19.5 Å². The average molecular weight is 325 g/mol. The van der Waals surface area contributed by atoms with Crippen molar-refractivity contribution >= 4 is 24.0 Å². The quantitative estimate of drug-likeness (QED) is 0.342. The molecular weight excluding hydrogens is 306 g/mol. The van der Waals surface area contributed by atoms with Crippen LogP contribution in [0.2, 0.25) is 0 Å². The lowest BCUT2D eigenvalue weighted by molar-refractivity contribution is -0.156. The van der Waals surface area contributed by atoms with E-state index in [2.05, 4.69) is 14.8 Å². The van der Waals surface area contributed by atoms with E-state index in [0.717, 1.165) is 0 Å². The SMILES string of the molecule is COC(=O)[C@@H]1C=C[C@H](NC(=O)OC(C)(C)C)[C@@H]2C(=O)OC(=O)[C@@H]21. The summed E-state index contributed by atoms with van der Waals surface area (Å²) in [7, 11) is 1.19. The minimum Gasteiger partial charge on any atom is -0.469 e. The molecular formula is C15H19NO7. The third kappa shape index (κ3) is 3.52. The van der Waals surface area contributed by atoms with Crippen LogP contribution in [0.4, 0.5) is 4.79 Å². The number of fused-ring (bicyclic) bond motifs is 1. The number of hydrogen-bond acceptors (Lipinski definition) is 7. The fourth-order valence-corrected chi connectivity index (χ4v) is 2.69. The fourth-order valence-electron chi connectivity index (χ4n) is 2.69. The Labute approximate surface area is 133 Å². The van der Waals surface area contributed by atoms with E-state index in [1.165, 1.54) is 19.3 Å². The molecule has 0 aromatic carbocycles. The fraction of sp³-hybridized carbons (Fsp3) is 0.600. The molecule has 8 heteroatoms. The maximum atomic E-state index is 11.9.